The predicted octanol–water partition coefficient (Wildman–Crippen LogP) is 4.13. The standard InChI is InChI=1S/C16H18ClFN2O/c1-4-14-12(16(21-5-2)20-10(3)19-14)9-11-7-6-8-13(17)15(11)18/h6-8H,4-5,9H2,1-3H3. The van der Waals surface area contributed by atoms with Gasteiger partial charge in [-0.2, -0.15) is 4.98 Å². The molecule has 21 heavy (non-hydrogen) atoms. The first-order valence-electron chi connectivity index (χ1n) is 6.98. The number of nitrogens with zero attached hydrogens (tertiary/aromatic N) is 2. The van der Waals surface area contributed by atoms with Crippen molar-refractivity contribution in [3.63, 3.8) is 0 Å². The van der Waals surface area contributed by atoms with Crippen LogP contribution < -0.4 is 4.74 Å². The first-order chi connectivity index (χ1) is 10.1. The summed E-state index contributed by atoms with van der Waals surface area (Å²) in [5.41, 5.74) is 2.22. The van der Waals surface area contributed by atoms with Crippen molar-refractivity contribution < 1.29 is 9.13 Å². The molecule has 0 radical (unpaired) electrons. The molecule has 1 aromatic carbocycles. The Bertz CT molecular complexity index is 646. The molecule has 2 rings (SSSR count). The van der Waals surface area contributed by atoms with Gasteiger partial charge >= 0.3 is 0 Å². The van der Waals surface area contributed by atoms with Gasteiger partial charge in [-0.3, -0.25) is 0 Å². The number of benzene rings is 1. The molecule has 0 atom stereocenters. The Kier molecular flexibility index (Phi) is 5.12. The molecule has 0 aliphatic heterocycles. The molecule has 5 heteroatoms. The van der Waals surface area contributed by atoms with Crippen LogP contribution in [-0.4, -0.2) is 16.6 Å². The van der Waals surface area contributed by atoms with E-state index < -0.39 is 5.82 Å². The first-order valence-corrected chi connectivity index (χ1v) is 7.36. The fraction of sp³-hybridized carbons (Fsp3) is 0.375. The monoisotopic (exact) mass is 308 g/mol. The van der Waals surface area contributed by atoms with Gasteiger partial charge in [0.15, 0.2) is 0 Å². The van der Waals surface area contributed by atoms with Crippen molar-refractivity contribution in [3.05, 3.63) is 51.7 Å². The maximum absolute atomic E-state index is 14.1. The van der Waals surface area contributed by atoms with E-state index in [1.165, 1.54) is 6.07 Å². The van der Waals surface area contributed by atoms with Crippen molar-refractivity contribution in [2.75, 3.05) is 6.61 Å². The molecule has 0 aliphatic rings. The molecule has 0 bridgehead atoms. The molecule has 112 valence electrons. The fourth-order valence-electron chi connectivity index (χ4n) is 2.23. The van der Waals surface area contributed by atoms with Crippen molar-refractivity contribution in [3.8, 4) is 5.88 Å². The number of ether oxygens (including phenoxy) is 1. The van der Waals surface area contributed by atoms with Gasteiger partial charge in [0.2, 0.25) is 5.88 Å². The summed E-state index contributed by atoms with van der Waals surface area (Å²) in [5, 5.41) is 0.122. The minimum atomic E-state index is -0.399. The SMILES string of the molecule is CCOc1nc(C)nc(CC)c1Cc1cccc(Cl)c1F. The molecule has 0 aliphatic carbocycles. The predicted molar refractivity (Wildman–Crippen MR) is 81.5 cm³/mol. The van der Waals surface area contributed by atoms with Crippen LogP contribution in [0.5, 0.6) is 5.88 Å². The van der Waals surface area contributed by atoms with E-state index in [0.717, 1.165) is 17.7 Å². The largest absolute Gasteiger partial charge is 0.478 e. The van der Waals surface area contributed by atoms with Crippen LogP contribution in [0.3, 0.4) is 0 Å². The van der Waals surface area contributed by atoms with E-state index >= 15 is 0 Å². The molecule has 0 spiro atoms. The number of halogens is 2. The zero-order valence-electron chi connectivity index (χ0n) is 12.4. The minimum absolute atomic E-state index is 0.122. The summed E-state index contributed by atoms with van der Waals surface area (Å²) in [5.74, 6) is 0.788. The van der Waals surface area contributed by atoms with E-state index in [2.05, 4.69) is 9.97 Å². The number of aryl methyl sites for hydroxylation is 2. The van der Waals surface area contributed by atoms with Crippen molar-refractivity contribution in [2.24, 2.45) is 0 Å². The van der Waals surface area contributed by atoms with Crippen LogP contribution in [-0.2, 0) is 12.8 Å². The highest BCUT2D eigenvalue weighted by Crippen LogP contribution is 2.26. The minimum Gasteiger partial charge on any atom is -0.478 e. The molecular formula is C16H18ClFN2O. The maximum atomic E-state index is 14.1. The van der Waals surface area contributed by atoms with Gasteiger partial charge in [0.05, 0.1) is 17.3 Å². The van der Waals surface area contributed by atoms with Gasteiger partial charge in [0.25, 0.3) is 0 Å². The molecule has 1 aromatic heterocycles. The highest BCUT2D eigenvalue weighted by atomic mass is 35.5. The number of hydrogen-bond donors (Lipinski definition) is 0. The lowest BCUT2D eigenvalue weighted by molar-refractivity contribution is 0.321. The van der Waals surface area contributed by atoms with Crippen LogP contribution in [0.15, 0.2) is 18.2 Å². The van der Waals surface area contributed by atoms with Gasteiger partial charge in [-0.15, -0.1) is 0 Å². The smallest absolute Gasteiger partial charge is 0.220 e. The first kappa shape index (κ1) is 15.7. The summed E-state index contributed by atoms with van der Waals surface area (Å²) in [6.45, 7) is 6.23. The summed E-state index contributed by atoms with van der Waals surface area (Å²) >= 11 is 5.84. The lowest BCUT2D eigenvalue weighted by Gasteiger charge is -2.14. The van der Waals surface area contributed by atoms with Gasteiger partial charge in [-0.05, 0) is 31.9 Å². The molecule has 0 N–H and O–H groups in total. The number of hydrogen-bond acceptors (Lipinski definition) is 3. The number of rotatable bonds is 5. The Hall–Kier alpha value is -1.68. The van der Waals surface area contributed by atoms with E-state index in [4.69, 9.17) is 16.3 Å². The second-order valence-corrected chi connectivity index (χ2v) is 5.08. The highest BCUT2D eigenvalue weighted by Gasteiger charge is 2.16. The lowest BCUT2D eigenvalue weighted by atomic mass is 10.0. The summed E-state index contributed by atoms with van der Waals surface area (Å²) in [7, 11) is 0. The Labute approximate surface area is 129 Å². The second-order valence-electron chi connectivity index (χ2n) is 4.68. The summed E-state index contributed by atoms with van der Waals surface area (Å²) in [4.78, 5) is 8.77. The average Bonchev–Trinajstić information content (AvgIpc) is 2.46. The van der Waals surface area contributed by atoms with E-state index in [1.54, 1.807) is 12.1 Å². The van der Waals surface area contributed by atoms with Gasteiger partial charge in [-0.25, -0.2) is 9.37 Å². The quantitative estimate of drug-likeness (QED) is 0.833. The summed E-state index contributed by atoms with van der Waals surface area (Å²) < 4.78 is 19.7. The van der Waals surface area contributed by atoms with Crippen LogP contribution in [0.25, 0.3) is 0 Å². The summed E-state index contributed by atoms with van der Waals surface area (Å²) in [6.07, 6.45) is 1.10. The van der Waals surface area contributed by atoms with Crippen LogP contribution in [0.4, 0.5) is 4.39 Å². The van der Waals surface area contributed by atoms with Gasteiger partial charge in [0.1, 0.15) is 11.6 Å². The van der Waals surface area contributed by atoms with Crippen LogP contribution in [0.2, 0.25) is 5.02 Å². The molecule has 0 saturated heterocycles. The van der Waals surface area contributed by atoms with Crippen LogP contribution in [0.1, 0.15) is 36.5 Å². The molecule has 0 unspecified atom stereocenters. The third kappa shape index (κ3) is 3.50. The zero-order chi connectivity index (χ0) is 15.4. The molecule has 1 heterocycles. The Morgan fingerprint density at radius 3 is 2.67 bits per heavy atom. The highest BCUT2D eigenvalue weighted by molar-refractivity contribution is 6.30. The van der Waals surface area contributed by atoms with E-state index in [9.17, 15) is 4.39 Å². The van der Waals surface area contributed by atoms with Gasteiger partial charge in [-0.1, -0.05) is 30.7 Å². The molecule has 0 fully saturated rings. The Balaban J connectivity index is 2.49. The third-order valence-electron chi connectivity index (χ3n) is 3.18. The van der Waals surface area contributed by atoms with Gasteiger partial charge < -0.3 is 4.74 Å². The van der Waals surface area contributed by atoms with E-state index in [-0.39, 0.29) is 5.02 Å². The average molecular weight is 309 g/mol. The Morgan fingerprint density at radius 1 is 1.24 bits per heavy atom. The summed E-state index contributed by atoms with van der Waals surface area (Å²) in [6, 6.07) is 4.99. The second kappa shape index (κ2) is 6.85. The van der Waals surface area contributed by atoms with E-state index in [0.29, 0.717) is 30.3 Å². The third-order valence-corrected chi connectivity index (χ3v) is 3.47. The van der Waals surface area contributed by atoms with Crippen molar-refractivity contribution in [1.29, 1.82) is 0 Å². The van der Waals surface area contributed by atoms with Crippen molar-refractivity contribution in [1.82, 2.24) is 9.97 Å². The molecule has 0 amide bonds. The zero-order valence-corrected chi connectivity index (χ0v) is 13.2. The maximum Gasteiger partial charge on any atom is 0.220 e. The van der Waals surface area contributed by atoms with Crippen molar-refractivity contribution in [2.45, 2.75) is 33.6 Å². The Morgan fingerprint density at radius 2 is 2.00 bits per heavy atom. The fourth-order valence-corrected chi connectivity index (χ4v) is 2.42. The topological polar surface area (TPSA) is 35.0 Å². The molecule has 3 nitrogen and oxygen atoms in total. The molecule has 2 aromatic rings. The molecular weight excluding hydrogens is 291 g/mol. The van der Waals surface area contributed by atoms with Crippen LogP contribution >= 0.6 is 11.6 Å². The number of aromatic nitrogens is 2. The normalized spacial score (nSPS) is 10.7. The lowest BCUT2D eigenvalue weighted by Crippen LogP contribution is -2.08. The van der Waals surface area contributed by atoms with Gasteiger partial charge in [0, 0.05) is 12.0 Å². The van der Waals surface area contributed by atoms with E-state index in [1.807, 2.05) is 20.8 Å². The van der Waals surface area contributed by atoms with Crippen LogP contribution in [0, 0.1) is 12.7 Å². The molecule has 0 saturated carbocycles. The van der Waals surface area contributed by atoms with Crippen molar-refractivity contribution >= 4 is 11.6 Å².